The van der Waals surface area contributed by atoms with Crippen LogP contribution in [0.25, 0.3) is 0 Å². The van der Waals surface area contributed by atoms with Crippen LogP contribution in [-0.4, -0.2) is 11.2 Å². The van der Waals surface area contributed by atoms with Gasteiger partial charge >= 0.3 is 18.2 Å². The van der Waals surface area contributed by atoms with Crippen LogP contribution in [0.4, 0.5) is 30.7 Å². The average molecular weight is 354 g/mol. The predicted octanol–water partition coefficient (Wildman–Crippen LogP) is 5.17. The van der Waals surface area contributed by atoms with Crippen molar-refractivity contribution in [2.24, 2.45) is 0 Å². The highest BCUT2D eigenvalue weighted by Gasteiger charge is 2.61. The van der Waals surface area contributed by atoms with E-state index in [2.05, 4.69) is 4.74 Å². The molecule has 0 heterocycles. The number of benzene rings is 2. The van der Waals surface area contributed by atoms with Crippen molar-refractivity contribution < 1.29 is 40.6 Å². The van der Waals surface area contributed by atoms with Gasteiger partial charge in [0.2, 0.25) is 0 Å². The molecule has 2 aromatic carbocycles. The van der Waals surface area contributed by atoms with Crippen LogP contribution in [0.1, 0.15) is 11.1 Å². The van der Waals surface area contributed by atoms with Gasteiger partial charge in [-0.05, 0) is 24.3 Å². The molecule has 0 atom stereocenters. The summed E-state index contributed by atoms with van der Waals surface area (Å²) >= 11 is 0. The molecule has 0 aromatic heterocycles. The van der Waals surface area contributed by atoms with Gasteiger partial charge in [-0.2, -0.15) is 30.7 Å². The summed E-state index contributed by atoms with van der Waals surface area (Å²) in [6.07, 6.45) is -9.89. The summed E-state index contributed by atoms with van der Waals surface area (Å²) in [7, 11) is 0. The van der Waals surface area contributed by atoms with Crippen LogP contribution in [0.2, 0.25) is 0 Å². The smallest absolute Gasteiger partial charge is 0.469 e. The van der Waals surface area contributed by atoms with Crippen LogP contribution >= 0.6 is 0 Å². The summed E-state index contributed by atoms with van der Waals surface area (Å²) in [6, 6.07) is 5.22. The molecule has 0 saturated carbocycles. The van der Waals surface area contributed by atoms with E-state index in [0.717, 1.165) is 12.1 Å². The Bertz CT molecular complexity index is 709. The van der Waals surface area contributed by atoms with Crippen LogP contribution < -0.4 is 4.74 Å². The molecular weight excluding hydrogens is 345 g/mol. The average Bonchev–Trinajstić information content (AvgIpc) is 2.48. The molecule has 0 aliphatic heterocycles. The first kappa shape index (κ1) is 17.9. The van der Waals surface area contributed by atoms with E-state index in [1.807, 2.05) is 0 Å². The third-order valence-electron chi connectivity index (χ3n) is 3.04. The summed E-state index contributed by atoms with van der Waals surface area (Å²) in [5.74, 6) is -6.62. The maximum Gasteiger partial charge on any atom is 0.469 e. The lowest BCUT2D eigenvalue weighted by Crippen LogP contribution is -2.43. The number of phenolic OH excluding ortho intramolecular Hbond substituents is 1. The van der Waals surface area contributed by atoms with Gasteiger partial charge in [-0.1, -0.05) is 24.3 Å². The third kappa shape index (κ3) is 3.39. The van der Waals surface area contributed by atoms with Crippen LogP contribution in [0, 0.1) is 0 Å². The zero-order valence-corrected chi connectivity index (χ0v) is 11.6. The third-order valence-corrected chi connectivity index (χ3v) is 3.04. The Morgan fingerprint density at radius 1 is 0.708 bits per heavy atom. The molecule has 0 aliphatic rings. The Morgan fingerprint density at radius 3 is 1.71 bits per heavy atom. The van der Waals surface area contributed by atoms with E-state index in [9.17, 15) is 35.8 Å². The Kier molecular flexibility index (Phi) is 4.38. The number of hydrogen-bond donors (Lipinski definition) is 1. The van der Waals surface area contributed by atoms with Gasteiger partial charge in [-0.3, -0.25) is 0 Å². The second kappa shape index (κ2) is 5.88. The lowest BCUT2D eigenvalue weighted by atomic mass is 10.0. The number of rotatable bonds is 4. The van der Waals surface area contributed by atoms with Crippen LogP contribution in [0.15, 0.2) is 48.5 Å². The molecule has 2 aromatic rings. The topological polar surface area (TPSA) is 29.5 Å². The zero-order chi connectivity index (χ0) is 18.2. The highest BCUT2D eigenvalue weighted by Crippen LogP contribution is 2.45. The van der Waals surface area contributed by atoms with E-state index in [1.54, 1.807) is 0 Å². The van der Waals surface area contributed by atoms with E-state index in [4.69, 9.17) is 0 Å². The number of para-hydroxylation sites is 2. The lowest BCUT2D eigenvalue weighted by molar-refractivity contribution is -0.316. The van der Waals surface area contributed by atoms with E-state index in [0.29, 0.717) is 0 Å². The molecule has 0 radical (unpaired) electrons. The molecule has 0 unspecified atom stereocenters. The SMILES string of the molecule is Oc1ccccc1OC(F)(F)C(F)(F)c1ccc(C(F)(F)F)cc1. The van der Waals surface area contributed by atoms with Gasteiger partial charge in [0.25, 0.3) is 0 Å². The standard InChI is InChI=1S/C15H9F7O2/c16-13(17,9-5-7-10(8-6-9)14(18,19)20)15(21,22)24-12-4-2-1-3-11(12)23/h1-8,23H. The number of halogens is 7. The van der Waals surface area contributed by atoms with Crippen LogP contribution in [-0.2, 0) is 12.1 Å². The van der Waals surface area contributed by atoms with Crippen molar-refractivity contribution in [2.75, 3.05) is 0 Å². The van der Waals surface area contributed by atoms with E-state index in [1.165, 1.54) is 12.1 Å². The Morgan fingerprint density at radius 2 is 1.21 bits per heavy atom. The Labute approximate surface area is 131 Å². The van der Waals surface area contributed by atoms with Crippen LogP contribution in [0.3, 0.4) is 0 Å². The fraction of sp³-hybridized carbons (Fsp3) is 0.200. The molecule has 0 saturated heterocycles. The van der Waals surface area contributed by atoms with Gasteiger partial charge in [0.15, 0.2) is 11.5 Å². The first-order valence-electron chi connectivity index (χ1n) is 6.35. The van der Waals surface area contributed by atoms with Gasteiger partial charge in [-0.25, -0.2) is 0 Å². The second-order valence-corrected chi connectivity index (χ2v) is 4.74. The molecule has 130 valence electrons. The lowest BCUT2D eigenvalue weighted by Gasteiger charge is -2.27. The maximum atomic E-state index is 13.9. The van der Waals surface area contributed by atoms with E-state index < -0.39 is 40.8 Å². The summed E-state index contributed by atoms with van der Waals surface area (Å²) < 4.78 is 96.5. The molecule has 2 rings (SSSR count). The quantitative estimate of drug-likeness (QED) is 0.767. The van der Waals surface area contributed by atoms with E-state index in [-0.39, 0.29) is 24.3 Å². The Hall–Kier alpha value is -2.45. The summed E-state index contributed by atoms with van der Waals surface area (Å²) in [5, 5.41) is 9.31. The maximum absolute atomic E-state index is 13.9. The number of hydrogen-bond acceptors (Lipinski definition) is 2. The molecule has 9 heteroatoms. The molecule has 1 N–H and O–H groups in total. The Balaban J connectivity index is 2.32. The largest absolute Gasteiger partial charge is 0.504 e. The van der Waals surface area contributed by atoms with Crippen molar-refractivity contribution in [3.05, 3.63) is 59.7 Å². The van der Waals surface area contributed by atoms with Crippen molar-refractivity contribution in [2.45, 2.75) is 18.2 Å². The molecule has 0 amide bonds. The molecule has 2 nitrogen and oxygen atoms in total. The molecule has 24 heavy (non-hydrogen) atoms. The number of alkyl halides is 7. The minimum Gasteiger partial charge on any atom is -0.504 e. The summed E-state index contributed by atoms with van der Waals surface area (Å²) in [4.78, 5) is 0. The van der Waals surface area contributed by atoms with Gasteiger partial charge < -0.3 is 9.84 Å². The molecule has 0 bridgehead atoms. The van der Waals surface area contributed by atoms with Gasteiger partial charge in [0.05, 0.1) is 5.56 Å². The van der Waals surface area contributed by atoms with Gasteiger partial charge in [0.1, 0.15) is 0 Å². The highest BCUT2D eigenvalue weighted by molar-refractivity contribution is 5.38. The van der Waals surface area contributed by atoms with Crippen molar-refractivity contribution in [1.82, 2.24) is 0 Å². The molecule has 0 spiro atoms. The molecule has 0 aliphatic carbocycles. The minimum atomic E-state index is -5.11. The number of aromatic hydroxyl groups is 1. The monoisotopic (exact) mass is 354 g/mol. The summed E-state index contributed by atoms with van der Waals surface area (Å²) in [6.45, 7) is 0. The van der Waals surface area contributed by atoms with Gasteiger partial charge in [0, 0.05) is 5.56 Å². The van der Waals surface area contributed by atoms with Crippen molar-refractivity contribution in [3.63, 3.8) is 0 Å². The van der Waals surface area contributed by atoms with Crippen LogP contribution in [0.5, 0.6) is 11.5 Å². The van der Waals surface area contributed by atoms with Gasteiger partial charge in [-0.15, -0.1) is 0 Å². The highest BCUT2D eigenvalue weighted by atomic mass is 19.4. The van der Waals surface area contributed by atoms with Crippen molar-refractivity contribution in [3.8, 4) is 11.5 Å². The van der Waals surface area contributed by atoms with E-state index >= 15 is 0 Å². The number of phenols is 1. The minimum absolute atomic E-state index is 0.241. The molecular formula is C15H9F7O2. The fourth-order valence-corrected chi connectivity index (χ4v) is 1.78. The predicted molar refractivity (Wildman–Crippen MR) is 69.0 cm³/mol. The second-order valence-electron chi connectivity index (χ2n) is 4.74. The number of ether oxygens (including phenoxy) is 1. The van der Waals surface area contributed by atoms with Crippen molar-refractivity contribution >= 4 is 0 Å². The normalized spacial score (nSPS) is 13.0. The van der Waals surface area contributed by atoms with Crippen molar-refractivity contribution in [1.29, 1.82) is 0 Å². The fourth-order valence-electron chi connectivity index (χ4n) is 1.78. The summed E-state index contributed by atoms with van der Waals surface area (Å²) in [5.41, 5.74) is -2.62. The first-order valence-corrected chi connectivity index (χ1v) is 6.35. The first-order chi connectivity index (χ1) is 10.9. The molecule has 0 fully saturated rings. The zero-order valence-electron chi connectivity index (χ0n) is 11.6.